The van der Waals surface area contributed by atoms with Crippen LogP contribution in [0.2, 0.25) is 5.02 Å². The molecule has 1 atom stereocenters. The third kappa shape index (κ3) is 6.87. The fraction of sp³-hybridized carbons (Fsp3) is 0.667. The van der Waals surface area contributed by atoms with E-state index in [0.29, 0.717) is 29.4 Å². The number of nitrogens with one attached hydrogen (secondary N) is 2. The molecule has 1 fully saturated rings. The van der Waals surface area contributed by atoms with Gasteiger partial charge in [0.2, 0.25) is 10.0 Å². The molecular weight excluding hydrogens is 454 g/mol. The molecule has 0 saturated carbocycles. The predicted octanol–water partition coefficient (Wildman–Crippen LogP) is 3.15. The Morgan fingerprint density at radius 1 is 1.37 bits per heavy atom. The second-order valence-electron chi connectivity index (χ2n) is 7.41. The summed E-state index contributed by atoms with van der Waals surface area (Å²) in [5.41, 5.74) is 0.790. The van der Waals surface area contributed by atoms with Gasteiger partial charge in [0.1, 0.15) is 4.90 Å². The van der Waals surface area contributed by atoms with Gasteiger partial charge in [-0.15, -0.1) is 0 Å². The van der Waals surface area contributed by atoms with Gasteiger partial charge < -0.3 is 15.3 Å². The first-order chi connectivity index (χ1) is 12.7. The minimum absolute atomic E-state index is 0.0632. The van der Waals surface area contributed by atoms with E-state index < -0.39 is 10.0 Å². The van der Waals surface area contributed by atoms with Crippen LogP contribution in [0.1, 0.15) is 26.7 Å². The maximum absolute atomic E-state index is 12.7. The van der Waals surface area contributed by atoms with Crippen LogP contribution in [0.4, 0.5) is 5.69 Å². The molecule has 9 heteroatoms. The van der Waals surface area contributed by atoms with E-state index in [-0.39, 0.29) is 16.5 Å². The van der Waals surface area contributed by atoms with Gasteiger partial charge in [0, 0.05) is 42.9 Å². The minimum Gasteiger partial charge on any atom is -0.396 e. The summed E-state index contributed by atoms with van der Waals surface area (Å²) in [6.07, 6.45) is 1.97. The first-order valence-corrected chi connectivity index (χ1v) is 11.9. The van der Waals surface area contributed by atoms with Gasteiger partial charge in [-0.3, -0.25) is 0 Å². The Bertz CT molecular complexity index is 708. The molecular formula is C18H29BrClN3O3S. The van der Waals surface area contributed by atoms with Gasteiger partial charge in [0.25, 0.3) is 0 Å². The third-order valence-electron chi connectivity index (χ3n) is 4.67. The lowest BCUT2D eigenvalue weighted by Crippen LogP contribution is -2.34. The maximum Gasteiger partial charge on any atom is 0.243 e. The Morgan fingerprint density at radius 3 is 2.70 bits per heavy atom. The van der Waals surface area contributed by atoms with Gasteiger partial charge in [-0.1, -0.05) is 25.4 Å². The monoisotopic (exact) mass is 481 g/mol. The summed E-state index contributed by atoms with van der Waals surface area (Å²) < 4.78 is 28.4. The van der Waals surface area contributed by atoms with Crippen molar-refractivity contribution >= 4 is 43.2 Å². The van der Waals surface area contributed by atoms with Crippen LogP contribution >= 0.6 is 27.5 Å². The smallest absolute Gasteiger partial charge is 0.243 e. The molecule has 154 valence electrons. The zero-order chi connectivity index (χ0) is 20.0. The number of sulfonamides is 1. The van der Waals surface area contributed by atoms with E-state index >= 15 is 0 Å². The molecule has 1 saturated heterocycles. The molecule has 1 aromatic carbocycles. The molecule has 0 aromatic heterocycles. The van der Waals surface area contributed by atoms with E-state index in [9.17, 15) is 13.5 Å². The van der Waals surface area contributed by atoms with Crippen LogP contribution in [0.5, 0.6) is 0 Å². The van der Waals surface area contributed by atoms with Crippen LogP contribution in [0.25, 0.3) is 0 Å². The van der Waals surface area contributed by atoms with Crippen molar-refractivity contribution in [3.63, 3.8) is 0 Å². The topological polar surface area (TPSA) is 81.7 Å². The highest BCUT2D eigenvalue weighted by molar-refractivity contribution is 9.10. The Labute approximate surface area is 175 Å². The van der Waals surface area contributed by atoms with Gasteiger partial charge in [0.05, 0.1) is 5.02 Å². The number of likely N-dealkylation sites (tertiary alicyclic amines) is 1. The normalized spacial score (nSPS) is 18.4. The van der Waals surface area contributed by atoms with Crippen LogP contribution in [0.15, 0.2) is 21.5 Å². The van der Waals surface area contributed by atoms with E-state index in [2.05, 4.69) is 44.7 Å². The Morgan fingerprint density at radius 2 is 2.11 bits per heavy atom. The van der Waals surface area contributed by atoms with Gasteiger partial charge >= 0.3 is 0 Å². The molecule has 1 heterocycles. The van der Waals surface area contributed by atoms with E-state index in [4.69, 9.17) is 11.6 Å². The lowest BCUT2D eigenvalue weighted by atomic mass is 10.1. The van der Waals surface area contributed by atoms with E-state index in [1.54, 1.807) is 12.1 Å². The first-order valence-electron chi connectivity index (χ1n) is 9.28. The molecule has 0 aliphatic carbocycles. The number of halogens is 2. The molecule has 3 N–H and O–H groups in total. The SMILES string of the molecule is CC(C)CCNc1cc(Cl)c(S(=O)(=O)NCCN2CCC(CO)C2)c(Br)c1. The largest absolute Gasteiger partial charge is 0.396 e. The summed E-state index contributed by atoms with van der Waals surface area (Å²) >= 11 is 9.63. The number of benzene rings is 1. The highest BCUT2D eigenvalue weighted by atomic mass is 79.9. The summed E-state index contributed by atoms with van der Waals surface area (Å²) in [6.45, 7) is 7.89. The van der Waals surface area contributed by atoms with Crippen molar-refractivity contribution in [2.45, 2.75) is 31.6 Å². The van der Waals surface area contributed by atoms with Crippen molar-refractivity contribution in [2.75, 3.05) is 44.6 Å². The molecule has 0 spiro atoms. The maximum atomic E-state index is 12.7. The Balaban J connectivity index is 1.96. The van der Waals surface area contributed by atoms with Gasteiger partial charge in [-0.25, -0.2) is 13.1 Å². The second kappa shape index (κ2) is 10.4. The van der Waals surface area contributed by atoms with E-state index in [0.717, 1.165) is 38.2 Å². The fourth-order valence-corrected chi connectivity index (χ4v) is 5.97. The zero-order valence-corrected chi connectivity index (χ0v) is 19.0. The van der Waals surface area contributed by atoms with Gasteiger partial charge in [0.15, 0.2) is 0 Å². The number of anilines is 1. The molecule has 1 unspecified atom stereocenters. The van der Waals surface area contributed by atoms with Crippen molar-refractivity contribution in [1.29, 1.82) is 0 Å². The van der Waals surface area contributed by atoms with Crippen molar-refractivity contribution < 1.29 is 13.5 Å². The number of rotatable bonds is 10. The van der Waals surface area contributed by atoms with Crippen molar-refractivity contribution in [3.05, 3.63) is 21.6 Å². The molecule has 0 amide bonds. The summed E-state index contributed by atoms with van der Waals surface area (Å²) in [5.74, 6) is 0.879. The highest BCUT2D eigenvalue weighted by Gasteiger charge is 2.24. The van der Waals surface area contributed by atoms with Crippen LogP contribution in [-0.4, -0.2) is 57.8 Å². The van der Waals surface area contributed by atoms with Gasteiger partial charge in [-0.2, -0.15) is 0 Å². The van der Waals surface area contributed by atoms with E-state index in [1.807, 2.05) is 0 Å². The zero-order valence-electron chi connectivity index (χ0n) is 15.8. The van der Waals surface area contributed by atoms with Crippen LogP contribution in [-0.2, 0) is 10.0 Å². The minimum atomic E-state index is -3.72. The van der Waals surface area contributed by atoms with Crippen molar-refractivity contribution in [2.24, 2.45) is 11.8 Å². The average Bonchev–Trinajstić information content (AvgIpc) is 3.01. The number of hydrogen-bond donors (Lipinski definition) is 3. The summed E-state index contributed by atoms with van der Waals surface area (Å²) in [4.78, 5) is 2.22. The molecule has 0 bridgehead atoms. The van der Waals surface area contributed by atoms with Crippen LogP contribution in [0.3, 0.4) is 0 Å². The Kier molecular flexibility index (Phi) is 8.83. The number of nitrogens with zero attached hydrogens (tertiary/aromatic N) is 1. The standard InChI is InChI=1S/C18H29BrClN3O3S/c1-13(2)3-5-21-15-9-16(19)18(17(20)10-15)27(25,26)22-6-8-23-7-4-14(11-23)12-24/h9-10,13-14,21-22,24H,3-8,11-12H2,1-2H3. The third-order valence-corrected chi connectivity index (χ3v) is 7.53. The number of hydrogen-bond acceptors (Lipinski definition) is 5. The summed E-state index contributed by atoms with van der Waals surface area (Å²) in [7, 11) is -3.72. The lowest BCUT2D eigenvalue weighted by Gasteiger charge is -2.17. The van der Waals surface area contributed by atoms with E-state index in [1.165, 1.54) is 0 Å². The molecule has 0 radical (unpaired) electrons. The highest BCUT2D eigenvalue weighted by Crippen LogP contribution is 2.33. The molecule has 2 rings (SSSR count). The molecule has 1 aromatic rings. The summed E-state index contributed by atoms with van der Waals surface area (Å²) in [6, 6.07) is 3.39. The van der Waals surface area contributed by atoms with Crippen molar-refractivity contribution in [1.82, 2.24) is 9.62 Å². The van der Waals surface area contributed by atoms with Crippen LogP contribution < -0.4 is 10.0 Å². The first kappa shape index (κ1) is 22.9. The number of aliphatic hydroxyl groups excluding tert-OH is 1. The quantitative estimate of drug-likeness (QED) is 0.477. The van der Waals surface area contributed by atoms with Crippen molar-refractivity contribution in [3.8, 4) is 0 Å². The average molecular weight is 483 g/mol. The molecule has 1 aliphatic rings. The lowest BCUT2D eigenvalue weighted by molar-refractivity contribution is 0.222. The second-order valence-corrected chi connectivity index (χ2v) is 10.4. The predicted molar refractivity (Wildman–Crippen MR) is 114 cm³/mol. The van der Waals surface area contributed by atoms with Crippen LogP contribution in [0, 0.1) is 11.8 Å². The fourth-order valence-electron chi connectivity index (χ4n) is 3.10. The molecule has 27 heavy (non-hydrogen) atoms. The van der Waals surface area contributed by atoms with Gasteiger partial charge in [-0.05, 0) is 59.3 Å². The Hall–Kier alpha value is -0.380. The molecule has 6 nitrogen and oxygen atoms in total. The summed E-state index contributed by atoms with van der Waals surface area (Å²) in [5, 5.41) is 12.6. The molecule has 1 aliphatic heterocycles. The number of aliphatic hydroxyl groups is 1.